The summed E-state index contributed by atoms with van der Waals surface area (Å²) in [5.41, 5.74) is 0. The van der Waals surface area contributed by atoms with Gasteiger partial charge < -0.3 is 0 Å². The summed E-state index contributed by atoms with van der Waals surface area (Å²) in [6, 6.07) is 0. The number of thioether (sulfide) groups is 1. The minimum absolute atomic E-state index is 1.02. The topological polar surface area (TPSA) is 23.8 Å². The summed E-state index contributed by atoms with van der Waals surface area (Å²) in [7, 11) is 0. The molecule has 1 nitrogen and oxygen atoms in total. The normalized spacial score (nSPS) is 11.0. The highest BCUT2D eigenvalue weighted by molar-refractivity contribution is 8.03. The van der Waals surface area contributed by atoms with Gasteiger partial charge in [0.1, 0.15) is 5.40 Å². The van der Waals surface area contributed by atoms with Crippen molar-refractivity contribution < 1.29 is 0 Å². The molecule has 0 aromatic carbocycles. The maximum atomic E-state index is 8.45. The smallest absolute Gasteiger partial charge is 0.133 e. The zero-order chi connectivity index (χ0) is 19.7. The van der Waals surface area contributed by atoms with Gasteiger partial charge in [0.15, 0.2) is 0 Å². The van der Waals surface area contributed by atoms with Gasteiger partial charge in [-0.1, -0.05) is 142 Å². The van der Waals surface area contributed by atoms with E-state index in [9.17, 15) is 0 Å². The first-order valence-electron chi connectivity index (χ1n) is 12.4. The van der Waals surface area contributed by atoms with E-state index >= 15 is 0 Å². The molecule has 0 aliphatic rings. The molecule has 0 aliphatic carbocycles. The van der Waals surface area contributed by atoms with Crippen molar-refractivity contribution in [1.29, 1.82) is 5.26 Å². The first-order valence-corrected chi connectivity index (χ1v) is 13.4. The van der Waals surface area contributed by atoms with Crippen LogP contribution < -0.4 is 0 Å². The van der Waals surface area contributed by atoms with Crippen LogP contribution in [0.3, 0.4) is 0 Å². The lowest BCUT2D eigenvalue weighted by atomic mass is 10.0. The van der Waals surface area contributed by atoms with Crippen LogP contribution in [0.5, 0.6) is 0 Å². The molecule has 27 heavy (non-hydrogen) atoms. The lowest BCUT2D eigenvalue weighted by Crippen LogP contribution is -1.84. The third-order valence-corrected chi connectivity index (χ3v) is 6.29. The van der Waals surface area contributed by atoms with Crippen molar-refractivity contribution in [2.24, 2.45) is 0 Å². The third kappa shape index (κ3) is 25.8. The second kappa shape index (κ2) is 25.8. The molecule has 0 bridgehead atoms. The molecule has 0 fully saturated rings. The Morgan fingerprint density at radius 1 is 0.444 bits per heavy atom. The SMILES string of the molecule is CCCCCCCCCCCCCCCCCCCCCCCCSC#N. The quantitative estimate of drug-likeness (QED) is 0.127. The van der Waals surface area contributed by atoms with Gasteiger partial charge in [-0.25, -0.2) is 0 Å². The molecule has 2 heteroatoms. The lowest BCUT2D eigenvalue weighted by Gasteiger charge is -2.04. The molecule has 0 rings (SSSR count). The second-order valence-electron chi connectivity index (χ2n) is 8.36. The molecule has 0 aliphatic heterocycles. The summed E-state index contributed by atoms with van der Waals surface area (Å²) < 4.78 is 0. The zero-order valence-corrected chi connectivity index (χ0v) is 19.4. The Morgan fingerprint density at radius 3 is 0.963 bits per heavy atom. The maximum Gasteiger partial charge on any atom is 0.133 e. The van der Waals surface area contributed by atoms with E-state index in [0.29, 0.717) is 0 Å². The third-order valence-electron chi connectivity index (χ3n) is 5.66. The van der Waals surface area contributed by atoms with Gasteiger partial charge in [-0.2, -0.15) is 5.26 Å². The van der Waals surface area contributed by atoms with Crippen molar-refractivity contribution in [3.8, 4) is 5.40 Å². The van der Waals surface area contributed by atoms with E-state index in [0.717, 1.165) is 5.75 Å². The van der Waals surface area contributed by atoms with Crippen molar-refractivity contribution >= 4 is 11.8 Å². The number of rotatable bonds is 23. The minimum Gasteiger partial charge on any atom is -0.185 e. The van der Waals surface area contributed by atoms with Crippen LogP contribution in [0.2, 0.25) is 0 Å². The highest BCUT2D eigenvalue weighted by atomic mass is 32.2. The Balaban J connectivity index is 2.96. The second-order valence-corrected chi connectivity index (χ2v) is 9.24. The van der Waals surface area contributed by atoms with E-state index in [1.807, 2.05) is 0 Å². The Bertz CT molecular complexity index is 297. The fourth-order valence-electron chi connectivity index (χ4n) is 3.83. The Labute approximate surface area is 176 Å². The molecule has 0 aromatic heterocycles. The zero-order valence-electron chi connectivity index (χ0n) is 18.6. The monoisotopic (exact) mass is 395 g/mol. The minimum atomic E-state index is 1.02. The molecule has 0 saturated carbocycles. The van der Waals surface area contributed by atoms with E-state index in [2.05, 4.69) is 12.3 Å². The Morgan fingerprint density at radius 2 is 0.704 bits per heavy atom. The number of nitrogens with zero attached hydrogens (tertiary/aromatic N) is 1. The van der Waals surface area contributed by atoms with E-state index in [1.165, 1.54) is 153 Å². The maximum absolute atomic E-state index is 8.45. The number of unbranched alkanes of at least 4 members (excludes halogenated alkanes) is 21. The number of hydrogen-bond acceptors (Lipinski definition) is 2. The van der Waals surface area contributed by atoms with Crippen LogP contribution in [0.1, 0.15) is 148 Å². The van der Waals surface area contributed by atoms with Gasteiger partial charge in [-0.05, 0) is 18.2 Å². The van der Waals surface area contributed by atoms with Gasteiger partial charge >= 0.3 is 0 Å². The Hall–Kier alpha value is -0.160. The van der Waals surface area contributed by atoms with Gasteiger partial charge in [0.05, 0.1) is 0 Å². The fourth-order valence-corrected chi connectivity index (χ4v) is 4.27. The predicted molar refractivity (Wildman–Crippen MR) is 125 cm³/mol. The molecular formula is C25H49NS. The molecule has 0 N–H and O–H groups in total. The predicted octanol–water partition coefficient (Wildman–Crippen LogP) is 9.80. The van der Waals surface area contributed by atoms with Gasteiger partial charge in [0, 0.05) is 5.75 Å². The van der Waals surface area contributed by atoms with Crippen molar-refractivity contribution in [1.82, 2.24) is 0 Å². The lowest BCUT2D eigenvalue weighted by molar-refractivity contribution is 0.520. The van der Waals surface area contributed by atoms with E-state index in [1.54, 1.807) is 0 Å². The molecule has 0 saturated heterocycles. The van der Waals surface area contributed by atoms with Crippen LogP contribution in [0, 0.1) is 10.7 Å². The average Bonchev–Trinajstić information content (AvgIpc) is 2.68. The summed E-state index contributed by atoms with van der Waals surface area (Å²) in [4.78, 5) is 0. The molecule has 0 unspecified atom stereocenters. The highest BCUT2D eigenvalue weighted by Gasteiger charge is 1.95. The molecule has 0 heterocycles. The van der Waals surface area contributed by atoms with Crippen LogP contribution in [-0.4, -0.2) is 5.75 Å². The summed E-state index contributed by atoms with van der Waals surface area (Å²) in [5.74, 6) is 1.02. The largest absolute Gasteiger partial charge is 0.185 e. The van der Waals surface area contributed by atoms with Gasteiger partial charge in [-0.15, -0.1) is 0 Å². The van der Waals surface area contributed by atoms with Gasteiger partial charge in [-0.3, -0.25) is 0 Å². The van der Waals surface area contributed by atoms with Crippen LogP contribution in [0.15, 0.2) is 0 Å². The van der Waals surface area contributed by atoms with Crippen LogP contribution in [0.25, 0.3) is 0 Å². The Kier molecular flexibility index (Phi) is 25.7. The highest BCUT2D eigenvalue weighted by Crippen LogP contribution is 2.15. The van der Waals surface area contributed by atoms with E-state index in [4.69, 9.17) is 5.26 Å². The van der Waals surface area contributed by atoms with Crippen LogP contribution in [-0.2, 0) is 0 Å². The van der Waals surface area contributed by atoms with Gasteiger partial charge in [0.2, 0.25) is 0 Å². The first-order chi connectivity index (χ1) is 13.4. The van der Waals surface area contributed by atoms with E-state index in [-0.39, 0.29) is 0 Å². The molecule has 0 atom stereocenters. The standard InChI is InChI=1S/C25H49NS/c1-2-3-4-5-6-7-8-9-10-11-12-13-14-15-16-17-18-19-20-21-22-23-24-27-25-26/h2-24H2,1H3. The number of thiocyanates is 1. The molecular weight excluding hydrogens is 346 g/mol. The molecule has 160 valence electrons. The summed E-state index contributed by atoms with van der Waals surface area (Å²) in [6.07, 6.45) is 31.5. The van der Waals surface area contributed by atoms with Gasteiger partial charge in [0.25, 0.3) is 0 Å². The average molecular weight is 396 g/mol. The molecule has 0 aromatic rings. The summed E-state index contributed by atoms with van der Waals surface area (Å²) >= 11 is 1.40. The number of hydrogen-bond donors (Lipinski definition) is 0. The van der Waals surface area contributed by atoms with Crippen molar-refractivity contribution in [2.75, 3.05) is 5.75 Å². The van der Waals surface area contributed by atoms with Crippen molar-refractivity contribution in [2.45, 2.75) is 148 Å². The molecule has 0 spiro atoms. The van der Waals surface area contributed by atoms with E-state index < -0.39 is 0 Å². The number of nitriles is 1. The van der Waals surface area contributed by atoms with Crippen LogP contribution >= 0.6 is 11.8 Å². The van der Waals surface area contributed by atoms with Crippen LogP contribution in [0.4, 0.5) is 0 Å². The summed E-state index contributed by atoms with van der Waals surface area (Å²) in [6.45, 7) is 2.30. The first kappa shape index (κ1) is 26.8. The van der Waals surface area contributed by atoms with Crippen molar-refractivity contribution in [3.05, 3.63) is 0 Å². The fraction of sp³-hybridized carbons (Fsp3) is 0.960. The molecule has 0 radical (unpaired) electrons. The summed E-state index contributed by atoms with van der Waals surface area (Å²) in [5, 5.41) is 10.6. The van der Waals surface area contributed by atoms with Crippen molar-refractivity contribution in [3.63, 3.8) is 0 Å². The molecule has 0 amide bonds.